The van der Waals surface area contributed by atoms with Gasteiger partial charge in [-0.2, -0.15) is 5.10 Å². The predicted octanol–water partition coefficient (Wildman–Crippen LogP) is 2.41. The number of rotatable bonds is 4. The van der Waals surface area contributed by atoms with Crippen molar-refractivity contribution in [3.63, 3.8) is 0 Å². The van der Waals surface area contributed by atoms with E-state index in [9.17, 15) is 0 Å². The van der Waals surface area contributed by atoms with E-state index in [1.165, 1.54) is 6.42 Å². The molecule has 3 atom stereocenters. The molecular weight excluding hydrogens is 264 g/mol. The molecule has 112 valence electrons. The number of furan rings is 1. The second kappa shape index (κ2) is 4.98. The van der Waals surface area contributed by atoms with Gasteiger partial charge in [0.2, 0.25) is 0 Å². The van der Waals surface area contributed by atoms with E-state index in [0.29, 0.717) is 12.0 Å². The molecule has 0 radical (unpaired) electrons. The van der Waals surface area contributed by atoms with Crippen molar-refractivity contribution >= 4 is 0 Å². The molecule has 1 N–H and O–H groups in total. The van der Waals surface area contributed by atoms with Crippen LogP contribution < -0.4 is 5.32 Å². The fourth-order valence-corrected chi connectivity index (χ4v) is 3.25. The molecule has 0 saturated heterocycles. The highest BCUT2D eigenvalue weighted by atomic mass is 16.3. The molecule has 0 aromatic carbocycles. The van der Waals surface area contributed by atoms with Crippen LogP contribution in [-0.2, 0) is 19.5 Å². The number of aryl methyl sites for hydroxylation is 2. The van der Waals surface area contributed by atoms with Gasteiger partial charge in [0.1, 0.15) is 23.2 Å². The molecule has 1 aliphatic heterocycles. The highest BCUT2D eigenvalue weighted by molar-refractivity contribution is 5.17. The summed E-state index contributed by atoms with van der Waals surface area (Å²) in [4.78, 5) is 4.45. The average molecular weight is 286 g/mol. The van der Waals surface area contributed by atoms with Crippen molar-refractivity contribution < 1.29 is 4.42 Å². The molecule has 5 nitrogen and oxygen atoms in total. The summed E-state index contributed by atoms with van der Waals surface area (Å²) in [7, 11) is 0. The maximum atomic E-state index is 5.95. The Morgan fingerprint density at radius 1 is 1.43 bits per heavy atom. The van der Waals surface area contributed by atoms with Gasteiger partial charge in [0.05, 0.1) is 13.1 Å². The first-order valence-electron chi connectivity index (χ1n) is 7.91. The highest BCUT2D eigenvalue weighted by Crippen LogP contribution is 2.47. The fraction of sp³-hybridized carbons (Fsp3) is 0.625. The monoisotopic (exact) mass is 286 g/mol. The van der Waals surface area contributed by atoms with Crippen LogP contribution in [0.25, 0.3) is 0 Å². The second-order valence-corrected chi connectivity index (χ2v) is 6.50. The smallest absolute Gasteiger partial charge is 0.147 e. The number of nitrogens with zero attached hydrogens (tertiary/aromatic N) is 3. The van der Waals surface area contributed by atoms with E-state index in [1.807, 2.05) is 11.6 Å². The summed E-state index contributed by atoms with van der Waals surface area (Å²) >= 11 is 0. The number of hydrogen-bond acceptors (Lipinski definition) is 4. The summed E-state index contributed by atoms with van der Waals surface area (Å²) < 4.78 is 7.98. The molecule has 0 amide bonds. The molecule has 2 aliphatic rings. The van der Waals surface area contributed by atoms with Gasteiger partial charge >= 0.3 is 0 Å². The van der Waals surface area contributed by atoms with Crippen molar-refractivity contribution in [3.05, 3.63) is 35.3 Å². The lowest BCUT2D eigenvalue weighted by Gasteiger charge is -2.23. The molecule has 21 heavy (non-hydrogen) atoms. The molecule has 5 heteroatoms. The first-order valence-corrected chi connectivity index (χ1v) is 7.91. The zero-order chi connectivity index (χ0) is 14.4. The number of hydrogen-bond donors (Lipinski definition) is 1. The molecular formula is C16H22N4O. The quantitative estimate of drug-likeness (QED) is 0.937. The molecule has 0 spiro atoms. The minimum Gasteiger partial charge on any atom is -0.464 e. The maximum absolute atomic E-state index is 5.95. The summed E-state index contributed by atoms with van der Waals surface area (Å²) in [6.45, 7) is 5.94. The largest absolute Gasteiger partial charge is 0.464 e. The van der Waals surface area contributed by atoms with Crippen LogP contribution in [-0.4, -0.2) is 20.8 Å². The first kappa shape index (κ1) is 13.1. The fourth-order valence-electron chi connectivity index (χ4n) is 3.25. The lowest BCUT2D eigenvalue weighted by atomic mass is 10.1. The summed E-state index contributed by atoms with van der Waals surface area (Å²) in [6.07, 6.45) is 3.39. The Kier molecular flexibility index (Phi) is 3.10. The topological polar surface area (TPSA) is 55.9 Å². The zero-order valence-electron chi connectivity index (χ0n) is 12.7. The van der Waals surface area contributed by atoms with Crippen LogP contribution >= 0.6 is 0 Å². The Balaban J connectivity index is 1.34. The van der Waals surface area contributed by atoms with Gasteiger partial charge < -0.3 is 9.73 Å². The molecule has 1 fully saturated rings. The van der Waals surface area contributed by atoms with Gasteiger partial charge in [0, 0.05) is 18.4 Å². The number of fused-ring (bicyclic) bond motifs is 1. The third-order valence-corrected chi connectivity index (χ3v) is 4.69. The van der Waals surface area contributed by atoms with E-state index in [0.717, 1.165) is 55.0 Å². The van der Waals surface area contributed by atoms with Crippen molar-refractivity contribution in [1.82, 2.24) is 20.1 Å². The molecule has 0 bridgehead atoms. The van der Waals surface area contributed by atoms with Crippen LogP contribution in [0, 0.1) is 12.8 Å². The molecule has 3 heterocycles. The first-order chi connectivity index (χ1) is 10.2. The summed E-state index contributed by atoms with van der Waals surface area (Å²) in [5.74, 6) is 5.66. The Bertz CT molecular complexity index is 644. The predicted molar refractivity (Wildman–Crippen MR) is 78.9 cm³/mol. The van der Waals surface area contributed by atoms with Crippen molar-refractivity contribution in [2.45, 2.75) is 58.2 Å². The number of nitrogens with one attached hydrogen (secondary N) is 1. The molecule has 1 aliphatic carbocycles. The molecule has 2 aromatic heterocycles. The SMILES string of the molecule is Cc1nc2n(n1)CC(NCc1ccc(C3CC3C)o1)CC2. The van der Waals surface area contributed by atoms with E-state index in [-0.39, 0.29) is 0 Å². The van der Waals surface area contributed by atoms with Crippen molar-refractivity contribution in [3.8, 4) is 0 Å². The molecule has 2 aromatic rings. The van der Waals surface area contributed by atoms with E-state index in [4.69, 9.17) is 4.42 Å². The Morgan fingerprint density at radius 2 is 2.29 bits per heavy atom. The third-order valence-electron chi connectivity index (χ3n) is 4.69. The number of aromatic nitrogens is 3. The Morgan fingerprint density at radius 3 is 3.10 bits per heavy atom. The average Bonchev–Trinajstić information content (AvgIpc) is 2.89. The van der Waals surface area contributed by atoms with Crippen LogP contribution in [0.4, 0.5) is 0 Å². The van der Waals surface area contributed by atoms with E-state index < -0.39 is 0 Å². The summed E-state index contributed by atoms with van der Waals surface area (Å²) in [6, 6.07) is 4.71. The minimum absolute atomic E-state index is 0.451. The molecule has 4 rings (SSSR count). The van der Waals surface area contributed by atoms with Gasteiger partial charge in [0.15, 0.2) is 0 Å². The third kappa shape index (κ3) is 2.62. The minimum atomic E-state index is 0.451. The van der Waals surface area contributed by atoms with Crippen LogP contribution in [0.3, 0.4) is 0 Å². The Hall–Kier alpha value is -1.62. The van der Waals surface area contributed by atoms with Crippen LogP contribution in [0.5, 0.6) is 0 Å². The van der Waals surface area contributed by atoms with Crippen molar-refractivity contribution in [2.24, 2.45) is 5.92 Å². The van der Waals surface area contributed by atoms with E-state index >= 15 is 0 Å². The van der Waals surface area contributed by atoms with Gasteiger partial charge in [-0.25, -0.2) is 9.67 Å². The van der Waals surface area contributed by atoms with Crippen molar-refractivity contribution in [1.29, 1.82) is 0 Å². The van der Waals surface area contributed by atoms with Gasteiger partial charge in [-0.1, -0.05) is 6.92 Å². The van der Waals surface area contributed by atoms with Crippen LogP contribution in [0.15, 0.2) is 16.5 Å². The standard InChI is InChI=1S/C16H22N4O/c1-10-7-14(10)15-5-4-13(21-15)8-17-12-3-6-16-18-11(2)19-20(16)9-12/h4-5,10,12,14,17H,3,6-9H2,1-2H3. The Labute approximate surface area is 124 Å². The lowest BCUT2D eigenvalue weighted by Crippen LogP contribution is -2.37. The van der Waals surface area contributed by atoms with Gasteiger partial charge in [-0.3, -0.25) is 0 Å². The zero-order valence-corrected chi connectivity index (χ0v) is 12.7. The second-order valence-electron chi connectivity index (χ2n) is 6.50. The van der Waals surface area contributed by atoms with Gasteiger partial charge in [-0.15, -0.1) is 0 Å². The molecule has 3 unspecified atom stereocenters. The lowest BCUT2D eigenvalue weighted by molar-refractivity contribution is 0.341. The molecule has 1 saturated carbocycles. The normalized spacial score (nSPS) is 27.6. The van der Waals surface area contributed by atoms with Gasteiger partial charge in [0.25, 0.3) is 0 Å². The van der Waals surface area contributed by atoms with Crippen LogP contribution in [0.1, 0.15) is 48.9 Å². The highest BCUT2D eigenvalue weighted by Gasteiger charge is 2.36. The summed E-state index contributed by atoms with van der Waals surface area (Å²) in [5, 5.41) is 8.03. The van der Waals surface area contributed by atoms with E-state index in [2.05, 4.69) is 34.5 Å². The van der Waals surface area contributed by atoms with Gasteiger partial charge in [-0.05, 0) is 37.8 Å². The summed E-state index contributed by atoms with van der Waals surface area (Å²) in [5.41, 5.74) is 0. The maximum Gasteiger partial charge on any atom is 0.147 e. The van der Waals surface area contributed by atoms with Crippen molar-refractivity contribution in [2.75, 3.05) is 0 Å². The van der Waals surface area contributed by atoms with Crippen LogP contribution in [0.2, 0.25) is 0 Å². The van der Waals surface area contributed by atoms with E-state index in [1.54, 1.807) is 0 Å².